The van der Waals surface area contributed by atoms with Crippen LogP contribution < -0.4 is 0 Å². The number of rotatable bonds is 5. The van der Waals surface area contributed by atoms with Gasteiger partial charge in [-0.1, -0.05) is 31.0 Å². The topological polar surface area (TPSA) is 63.7 Å². The van der Waals surface area contributed by atoms with Gasteiger partial charge in [-0.05, 0) is 31.4 Å². The van der Waals surface area contributed by atoms with Crippen LogP contribution in [0.25, 0.3) is 0 Å². The van der Waals surface area contributed by atoms with E-state index in [1.165, 1.54) is 11.4 Å². The van der Waals surface area contributed by atoms with Crippen LogP contribution in [0.1, 0.15) is 31.2 Å². The smallest absolute Gasteiger partial charge is 0.321 e. The molecule has 0 unspecified atom stereocenters. The van der Waals surface area contributed by atoms with Crippen molar-refractivity contribution in [1.82, 2.24) is 4.31 Å². The molecule has 1 fully saturated rings. The number of aryl methyl sites for hydroxylation is 1. The standard InChI is InChI=1S/C15H21NO4S/c1-12-7-3-6-10-14(12)21(18,19)16(11-15(17)20-2)13-8-4-5-9-13/h3,6-7,10,13H,4-5,8-9,11H2,1-2H3. The van der Waals surface area contributed by atoms with Crippen LogP contribution in [-0.2, 0) is 19.6 Å². The summed E-state index contributed by atoms with van der Waals surface area (Å²) < 4.78 is 31.8. The fraction of sp³-hybridized carbons (Fsp3) is 0.533. The van der Waals surface area contributed by atoms with E-state index >= 15 is 0 Å². The van der Waals surface area contributed by atoms with Crippen LogP contribution in [0.5, 0.6) is 0 Å². The van der Waals surface area contributed by atoms with Gasteiger partial charge in [0, 0.05) is 6.04 Å². The first-order chi connectivity index (χ1) is 9.96. The first-order valence-electron chi connectivity index (χ1n) is 7.11. The van der Waals surface area contributed by atoms with Crippen LogP contribution in [0.15, 0.2) is 29.2 Å². The second-order valence-corrected chi connectivity index (χ2v) is 7.19. The molecule has 5 nitrogen and oxygen atoms in total. The van der Waals surface area contributed by atoms with Crippen molar-refractivity contribution in [1.29, 1.82) is 0 Å². The van der Waals surface area contributed by atoms with Gasteiger partial charge in [-0.15, -0.1) is 0 Å². The number of nitrogens with zero attached hydrogens (tertiary/aromatic N) is 1. The molecule has 1 aliphatic rings. The van der Waals surface area contributed by atoms with Crippen molar-refractivity contribution in [3.8, 4) is 0 Å². The quantitative estimate of drug-likeness (QED) is 0.781. The molecule has 0 N–H and O–H groups in total. The zero-order valence-electron chi connectivity index (χ0n) is 12.4. The Morgan fingerprint density at radius 2 is 1.90 bits per heavy atom. The molecule has 0 aliphatic heterocycles. The predicted octanol–water partition coefficient (Wildman–Crippen LogP) is 2.10. The van der Waals surface area contributed by atoms with E-state index in [4.69, 9.17) is 0 Å². The van der Waals surface area contributed by atoms with Crippen LogP contribution in [0, 0.1) is 6.92 Å². The highest BCUT2D eigenvalue weighted by Gasteiger charge is 2.35. The van der Waals surface area contributed by atoms with Crippen molar-refractivity contribution >= 4 is 16.0 Å². The molecule has 6 heteroatoms. The Balaban J connectivity index is 2.39. The number of benzene rings is 1. The van der Waals surface area contributed by atoms with Crippen molar-refractivity contribution < 1.29 is 17.9 Å². The lowest BCUT2D eigenvalue weighted by Gasteiger charge is -2.27. The lowest BCUT2D eigenvalue weighted by atomic mass is 10.2. The summed E-state index contributed by atoms with van der Waals surface area (Å²) in [5.74, 6) is -0.529. The summed E-state index contributed by atoms with van der Waals surface area (Å²) in [6.07, 6.45) is 3.57. The molecule has 0 heterocycles. The summed E-state index contributed by atoms with van der Waals surface area (Å²) in [6, 6.07) is 6.73. The average molecular weight is 311 g/mol. The minimum absolute atomic E-state index is 0.117. The molecule has 1 saturated carbocycles. The van der Waals surface area contributed by atoms with Crippen LogP contribution in [0.3, 0.4) is 0 Å². The molecule has 116 valence electrons. The van der Waals surface area contributed by atoms with Crippen molar-refractivity contribution in [3.05, 3.63) is 29.8 Å². The Morgan fingerprint density at radius 3 is 2.48 bits per heavy atom. The number of methoxy groups -OCH3 is 1. The van der Waals surface area contributed by atoms with Gasteiger partial charge < -0.3 is 4.74 Å². The molecule has 0 spiro atoms. The van der Waals surface area contributed by atoms with Crippen molar-refractivity contribution in [2.24, 2.45) is 0 Å². The molecule has 0 amide bonds. The van der Waals surface area contributed by atoms with Gasteiger partial charge in [-0.3, -0.25) is 4.79 Å². The van der Waals surface area contributed by atoms with Gasteiger partial charge in [0.05, 0.1) is 12.0 Å². The molecular weight excluding hydrogens is 290 g/mol. The number of hydrogen-bond acceptors (Lipinski definition) is 4. The van der Waals surface area contributed by atoms with Gasteiger partial charge in [0.15, 0.2) is 0 Å². The molecule has 0 radical (unpaired) electrons. The summed E-state index contributed by atoms with van der Waals surface area (Å²) >= 11 is 0. The number of carbonyl (C=O) groups excluding carboxylic acids is 1. The van der Waals surface area contributed by atoms with Gasteiger partial charge >= 0.3 is 5.97 Å². The maximum atomic E-state index is 12.9. The first kappa shape index (κ1) is 16.0. The summed E-state index contributed by atoms with van der Waals surface area (Å²) in [6.45, 7) is 1.54. The molecule has 2 rings (SSSR count). The Labute approximate surface area is 126 Å². The van der Waals surface area contributed by atoms with Gasteiger partial charge in [0.2, 0.25) is 10.0 Å². The number of esters is 1. The zero-order valence-corrected chi connectivity index (χ0v) is 13.2. The lowest BCUT2D eigenvalue weighted by molar-refractivity contribution is -0.141. The molecular formula is C15H21NO4S. The van der Waals surface area contributed by atoms with E-state index in [0.29, 0.717) is 5.56 Å². The maximum Gasteiger partial charge on any atom is 0.321 e. The summed E-state index contributed by atoms with van der Waals surface area (Å²) in [7, 11) is -2.41. The molecule has 1 aliphatic carbocycles. The van der Waals surface area contributed by atoms with Gasteiger partial charge in [0.25, 0.3) is 0 Å². The van der Waals surface area contributed by atoms with E-state index in [0.717, 1.165) is 25.7 Å². The summed E-state index contributed by atoms with van der Waals surface area (Å²) in [5.41, 5.74) is 0.686. The summed E-state index contributed by atoms with van der Waals surface area (Å²) in [4.78, 5) is 11.9. The molecule has 0 aromatic heterocycles. The Morgan fingerprint density at radius 1 is 1.29 bits per heavy atom. The molecule has 21 heavy (non-hydrogen) atoms. The predicted molar refractivity (Wildman–Crippen MR) is 79.3 cm³/mol. The lowest BCUT2D eigenvalue weighted by Crippen LogP contribution is -2.42. The van der Waals surface area contributed by atoms with Gasteiger partial charge in [-0.2, -0.15) is 4.31 Å². The molecule has 0 atom stereocenters. The second-order valence-electron chi connectivity index (χ2n) is 5.33. The monoisotopic (exact) mass is 311 g/mol. The third-order valence-electron chi connectivity index (χ3n) is 3.92. The number of sulfonamides is 1. The van der Waals surface area contributed by atoms with Crippen LogP contribution in [0.4, 0.5) is 0 Å². The Bertz CT molecular complexity index is 606. The number of carbonyl (C=O) groups is 1. The molecule has 1 aromatic rings. The van der Waals surface area contributed by atoms with Crippen LogP contribution in [-0.4, -0.2) is 38.4 Å². The maximum absolute atomic E-state index is 12.9. The van der Waals surface area contributed by atoms with E-state index in [1.807, 2.05) is 0 Å². The highest BCUT2D eigenvalue weighted by atomic mass is 32.2. The first-order valence-corrected chi connectivity index (χ1v) is 8.55. The molecule has 0 saturated heterocycles. The minimum Gasteiger partial charge on any atom is -0.468 e. The van der Waals surface area contributed by atoms with Crippen molar-refractivity contribution in [2.75, 3.05) is 13.7 Å². The third-order valence-corrected chi connectivity index (χ3v) is 5.98. The molecule has 1 aromatic carbocycles. The second kappa shape index (κ2) is 6.58. The summed E-state index contributed by atoms with van der Waals surface area (Å²) in [5, 5.41) is 0. The zero-order chi connectivity index (χ0) is 15.5. The highest BCUT2D eigenvalue weighted by Crippen LogP contribution is 2.29. The van der Waals surface area contributed by atoms with E-state index in [1.54, 1.807) is 31.2 Å². The van der Waals surface area contributed by atoms with E-state index in [-0.39, 0.29) is 17.5 Å². The SMILES string of the molecule is COC(=O)CN(C1CCCC1)S(=O)(=O)c1ccccc1C. The average Bonchev–Trinajstić information content (AvgIpc) is 2.98. The fourth-order valence-electron chi connectivity index (χ4n) is 2.77. The minimum atomic E-state index is -3.69. The normalized spacial score (nSPS) is 16.3. The highest BCUT2D eigenvalue weighted by molar-refractivity contribution is 7.89. The van der Waals surface area contributed by atoms with Gasteiger partial charge in [-0.25, -0.2) is 8.42 Å². The van der Waals surface area contributed by atoms with Crippen molar-refractivity contribution in [2.45, 2.75) is 43.5 Å². The third kappa shape index (κ3) is 3.44. The van der Waals surface area contributed by atoms with Crippen molar-refractivity contribution in [3.63, 3.8) is 0 Å². The van der Waals surface area contributed by atoms with Gasteiger partial charge in [0.1, 0.15) is 6.54 Å². The van der Waals surface area contributed by atoms with E-state index in [9.17, 15) is 13.2 Å². The van der Waals surface area contributed by atoms with E-state index in [2.05, 4.69) is 4.74 Å². The van der Waals surface area contributed by atoms with Crippen LogP contribution >= 0.6 is 0 Å². The Hall–Kier alpha value is -1.40. The molecule has 0 bridgehead atoms. The van der Waals surface area contributed by atoms with Crippen LogP contribution in [0.2, 0.25) is 0 Å². The largest absolute Gasteiger partial charge is 0.468 e. The van der Waals surface area contributed by atoms with E-state index < -0.39 is 16.0 Å². The number of ether oxygens (including phenoxy) is 1. The number of hydrogen-bond donors (Lipinski definition) is 0. The fourth-order valence-corrected chi connectivity index (χ4v) is 4.62. The Kier molecular flexibility index (Phi) is 5.00.